The van der Waals surface area contributed by atoms with Crippen LogP contribution in [-0.2, 0) is 6.54 Å². The summed E-state index contributed by atoms with van der Waals surface area (Å²) < 4.78 is 6.84. The molecular formula is C16H17N3O2. The molecule has 0 amide bonds. The van der Waals surface area contributed by atoms with Crippen molar-refractivity contribution in [2.24, 2.45) is 0 Å². The van der Waals surface area contributed by atoms with Crippen LogP contribution in [0.3, 0.4) is 0 Å². The lowest BCUT2D eigenvalue weighted by Crippen LogP contribution is -2.03. The van der Waals surface area contributed by atoms with Gasteiger partial charge in [-0.15, -0.1) is 6.42 Å². The van der Waals surface area contributed by atoms with E-state index >= 15 is 0 Å². The van der Waals surface area contributed by atoms with Crippen molar-refractivity contribution in [2.75, 3.05) is 12.8 Å². The van der Waals surface area contributed by atoms with Gasteiger partial charge in [0, 0.05) is 5.56 Å². The van der Waals surface area contributed by atoms with Gasteiger partial charge in [-0.25, -0.2) is 4.68 Å². The molecule has 108 valence electrons. The van der Waals surface area contributed by atoms with Gasteiger partial charge in [0.2, 0.25) is 0 Å². The lowest BCUT2D eigenvalue weighted by Gasteiger charge is -2.10. The van der Waals surface area contributed by atoms with Gasteiger partial charge in [-0.3, -0.25) is 4.79 Å². The SMILES string of the molecule is C#CCn1nc(-c2cc(C)c(C)cc2OC)c(C=O)c1N. The van der Waals surface area contributed by atoms with Crippen molar-refractivity contribution in [1.29, 1.82) is 0 Å². The number of carbonyl (C=O) groups is 1. The number of hydrogen-bond acceptors (Lipinski definition) is 4. The summed E-state index contributed by atoms with van der Waals surface area (Å²) in [5.41, 5.74) is 9.64. The number of methoxy groups -OCH3 is 1. The number of rotatable bonds is 4. The molecule has 5 nitrogen and oxygen atoms in total. The fraction of sp³-hybridized carbons (Fsp3) is 0.250. The molecule has 0 fully saturated rings. The Morgan fingerprint density at radius 3 is 2.67 bits per heavy atom. The largest absolute Gasteiger partial charge is 0.496 e. The number of nitrogen functional groups attached to an aromatic ring is 1. The Balaban J connectivity index is 2.72. The fourth-order valence-corrected chi connectivity index (χ4v) is 2.15. The Morgan fingerprint density at radius 2 is 2.10 bits per heavy atom. The number of ether oxygens (including phenoxy) is 1. The van der Waals surface area contributed by atoms with E-state index in [0.717, 1.165) is 16.7 Å². The summed E-state index contributed by atoms with van der Waals surface area (Å²) in [5, 5.41) is 4.36. The second-order valence-corrected chi connectivity index (χ2v) is 4.76. The second-order valence-electron chi connectivity index (χ2n) is 4.76. The summed E-state index contributed by atoms with van der Waals surface area (Å²) in [6.45, 7) is 4.19. The van der Waals surface area contributed by atoms with Gasteiger partial charge in [0.15, 0.2) is 6.29 Å². The zero-order valence-corrected chi connectivity index (χ0v) is 12.3. The number of anilines is 1. The molecule has 0 atom stereocenters. The molecule has 5 heteroatoms. The van der Waals surface area contributed by atoms with Crippen molar-refractivity contribution in [3.8, 4) is 29.4 Å². The maximum Gasteiger partial charge on any atom is 0.156 e. The zero-order chi connectivity index (χ0) is 15.6. The monoisotopic (exact) mass is 283 g/mol. The van der Waals surface area contributed by atoms with Crippen molar-refractivity contribution < 1.29 is 9.53 Å². The minimum absolute atomic E-state index is 0.208. The standard InChI is InChI=1S/C16H17N3O2/c1-5-6-19-16(17)13(9-20)15(18-19)12-7-10(2)11(3)8-14(12)21-4/h1,7-9H,6,17H2,2-4H3. The molecule has 2 aromatic rings. The Kier molecular flexibility index (Phi) is 3.99. The highest BCUT2D eigenvalue weighted by Crippen LogP contribution is 2.35. The predicted molar refractivity (Wildman–Crippen MR) is 82.3 cm³/mol. The molecule has 0 aliphatic heterocycles. The van der Waals surface area contributed by atoms with Crippen molar-refractivity contribution in [1.82, 2.24) is 9.78 Å². The van der Waals surface area contributed by atoms with Gasteiger partial charge in [-0.2, -0.15) is 5.10 Å². The first-order valence-electron chi connectivity index (χ1n) is 6.44. The van der Waals surface area contributed by atoms with Crippen LogP contribution in [-0.4, -0.2) is 23.2 Å². The van der Waals surface area contributed by atoms with Crippen LogP contribution in [0.5, 0.6) is 5.75 Å². The summed E-state index contributed by atoms with van der Waals surface area (Å²) in [6, 6.07) is 3.85. The van der Waals surface area contributed by atoms with Crippen molar-refractivity contribution in [2.45, 2.75) is 20.4 Å². The Morgan fingerprint density at radius 1 is 1.43 bits per heavy atom. The average molecular weight is 283 g/mol. The van der Waals surface area contributed by atoms with Crippen LogP contribution >= 0.6 is 0 Å². The van der Waals surface area contributed by atoms with E-state index in [-0.39, 0.29) is 12.4 Å². The fourth-order valence-electron chi connectivity index (χ4n) is 2.15. The van der Waals surface area contributed by atoms with Gasteiger partial charge < -0.3 is 10.5 Å². The molecule has 1 heterocycles. The lowest BCUT2D eigenvalue weighted by atomic mass is 10.0. The summed E-state index contributed by atoms with van der Waals surface area (Å²) in [4.78, 5) is 11.4. The zero-order valence-electron chi connectivity index (χ0n) is 12.3. The molecule has 2 rings (SSSR count). The Labute approximate surface area is 123 Å². The number of aromatic nitrogens is 2. The maximum atomic E-state index is 11.4. The third kappa shape index (κ3) is 2.48. The molecule has 0 saturated carbocycles. The van der Waals surface area contributed by atoms with Crippen molar-refractivity contribution in [3.05, 3.63) is 28.8 Å². The van der Waals surface area contributed by atoms with Gasteiger partial charge in [-0.05, 0) is 37.1 Å². The summed E-state index contributed by atoms with van der Waals surface area (Å²) in [7, 11) is 1.58. The number of terminal acetylenes is 1. The van der Waals surface area contributed by atoms with Crippen LogP contribution in [0.25, 0.3) is 11.3 Å². The topological polar surface area (TPSA) is 70.1 Å². The first kappa shape index (κ1) is 14.7. The molecule has 0 saturated heterocycles. The van der Waals surface area contributed by atoms with Crippen LogP contribution in [0.2, 0.25) is 0 Å². The minimum atomic E-state index is 0.208. The van der Waals surface area contributed by atoms with E-state index < -0.39 is 0 Å². The molecule has 0 spiro atoms. The van der Waals surface area contributed by atoms with Gasteiger partial charge >= 0.3 is 0 Å². The first-order chi connectivity index (χ1) is 10.0. The molecule has 0 unspecified atom stereocenters. The number of nitrogens with zero attached hydrogens (tertiary/aromatic N) is 2. The van der Waals surface area contributed by atoms with Crippen molar-refractivity contribution in [3.63, 3.8) is 0 Å². The highest BCUT2D eigenvalue weighted by atomic mass is 16.5. The van der Waals surface area contributed by atoms with E-state index in [1.165, 1.54) is 4.68 Å². The Hall–Kier alpha value is -2.74. The molecule has 21 heavy (non-hydrogen) atoms. The normalized spacial score (nSPS) is 10.2. The highest BCUT2D eigenvalue weighted by molar-refractivity contribution is 5.93. The Bertz CT molecular complexity index is 739. The number of aryl methyl sites for hydroxylation is 2. The first-order valence-corrected chi connectivity index (χ1v) is 6.44. The minimum Gasteiger partial charge on any atom is -0.496 e. The van der Waals surface area contributed by atoms with E-state index in [2.05, 4.69) is 11.0 Å². The van der Waals surface area contributed by atoms with Gasteiger partial charge in [0.25, 0.3) is 0 Å². The highest BCUT2D eigenvalue weighted by Gasteiger charge is 2.20. The number of benzene rings is 1. The third-order valence-corrected chi connectivity index (χ3v) is 3.46. The number of aldehydes is 1. The number of carbonyl (C=O) groups excluding carboxylic acids is 1. The van der Waals surface area contributed by atoms with Crippen LogP contribution in [0.1, 0.15) is 21.5 Å². The van der Waals surface area contributed by atoms with E-state index in [1.54, 1.807) is 7.11 Å². The van der Waals surface area contributed by atoms with Gasteiger partial charge in [0.05, 0.1) is 12.7 Å². The third-order valence-electron chi connectivity index (χ3n) is 3.46. The van der Waals surface area contributed by atoms with Crippen molar-refractivity contribution >= 4 is 12.1 Å². The molecule has 0 aliphatic carbocycles. The van der Waals surface area contributed by atoms with Crippen LogP contribution in [0.4, 0.5) is 5.82 Å². The molecule has 0 bridgehead atoms. The van der Waals surface area contributed by atoms with E-state index in [1.807, 2.05) is 26.0 Å². The average Bonchev–Trinajstić information content (AvgIpc) is 2.78. The molecular weight excluding hydrogens is 266 g/mol. The summed E-state index contributed by atoms with van der Waals surface area (Å²) in [5.74, 6) is 3.37. The molecule has 1 aromatic carbocycles. The summed E-state index contributed by atoms with van der Waals surface area (Å²) >= 11 is 0. The lowest BCUT2D eigenvalue weighted by molar-refractivity contribution is 0.112. The molecule has 2 N–H and O–H groups in total. The number of nitrogens with two attached hydrogens (primary N) is 1. The van der Waals surface area contributed by atoms with Gasteiger partial charge in [0.1, 0.15) is 23.8 Å². The second kappa shape index (κ2) is 5.71. The molecule has 1 aromatic heterocycles. The van der Waals surface area contributed by atoms with Crippen LogP contribution < -0.4 is 10.5 Å². The summed E-state index contributed by atoms with van der Waals surface area (Å²) in [6.07, 6.45) is 5.98. The van der Waals surface area contributed by atoms with Crippen LogP contribution in [0, 0.1) is 26.2 Å². The van der Waals surface area contributed by atoms with E-state index in [0.29, 0.717) is 23.3 Å². The molecule has 0 aliphatic rings. The van der Waals surface area contributed by atoms with E-state index in [4.69, 9.17) is 16.9 Å². The quantitative estimate of drug-likeness (QED) is 0.690. The molecule has 0 radical (unpaired) electrons. The predicted octanol–water partition coefficient (Wildman–Crippen LogP) is 2.20. The van der Waals surface area contributed by atoms with E-state index in [9.17, 15) is 4.79 Å². The maximum absolute atomic E-state index is 11.4. The number of hydrogen-bond donors (Lipinski definition) is 1. The van der Waals surface area contributed by atoms with Crippen LogP contribution in [0.15, 0.2) is 12.1 Å². The smallest absolute Gasteiger partial charge is 0.156 e. The van der Waals surface area contributed by atoms with Gasteiger partial charge in [-0.1, -0.05) is 5.92 Å².